The fourth-order valence-electron chi connectivity index (χ4n) is 1.54. The van der Waals surface area contributed by atoms with Gasteiger partial charge in [-0.2, -0.15) is 5.26 Å². The monoisotopic (exact) mass is 219 g/mol. The molecule has 0 fully saturated rings. The van der Waals surface area contributed by atoms with Crippen LogP contribution in [0.1, 0.15) is 19.4 Å². The first-order valence-electron chi connectivity index (χ1n) is 5.32. The molecule has 0 saturated heterocycles. The van der Waals surface area contributed by atoms with Crippen molar-refractivity contribution in [3.8, 4) is 6.07 Å². The second kappa shape index (κ2) is 5.36. The molecule has 0 spiro atoms. The number of nitrogens with one attached hydrogen (secondary N) is 1. The number of amides is 1. The number of hydrogen-bond donors (Lipinski definition) is 1. The zero-order valence-electron chi connectivity index (χ0n) is 9.90. The van der Waals surface area contributed by atoms with Gasteiger partial charge in [0.25, 0.3) is 0 Å². The molecule has 1 aromatic heterocycles. The van der Waals surface area contributed by atoms with Crippen LogP contribution in [0.3, 0.4) is 0 Å². The first-order chi connectivity index (χ1) is 7.56. The van der Waals surface area contributed by atoms with Gasteiger partial charge in [-0.3, -0.25) is 4.79 Å². The number of hydrogen-bond acceptors (Lipinski definition) is 2. The van der Waals surface area contributed by atoms with Crippen LogP contribution >= 0.6 is 0 Å². The van der Waals surface area contributed by atoms with Crippen molar-refractivity contribution in [3.63, 3.8) is 0 Å². The Morgan fingerprint density at radius 1 is 1.62 bits per heavy atom. The molecule has 0 aliphatic rings. The smallest absolute Gasteiger partial charge is 0.240 e. The van der Waals surface area contributed by atoms with Gasteiger partial charge in [0.15, 0.2) is 0 Å². The molecule has 1 amide bonds. The molecule has 0 radical (unpaired) electrons. The van der Waals surface area contributed by atoms with Crippen LogP contribution in [0, 0.1) is 23.2 Å². The summed E-state index contributed by atoms with van der Waals surface area (Å²) in [4.78, 5) is 16.5. The molecule has 86 valence electrons. The molecule has 1 atom stereocenters. The van der Waals surface area contributed by atoms with E-state index in [0.717, 1.165) is 5.56 Å². The van der Waals surface area contributed by atoms with Crippen molar-refractivity contribution in [1.82, 2.24) is 9.88 Å². The quantitative estimate of drug-likeness (QED) is 0.839. The molecule has 0 aliphatic heterocycles. The SMILES string of the molecule is CC(C)C(C#N)C(=O)N(C)Cc1cc[nH]c1. The highest BCUT2D eigenvalue weighted by Gasteiger charge is 2.24. The number of carbonyl (C=O) groups excluding carboxylic acids is 1. The zero-order valence-corrected chi connectivity index (χ0v) is 9.90. The van der Waals surface area contributed by atoms with Crippen molar-refractivity contribution in [2.45, 2.75) is 20.4 Å². The number of H-pyrrole nitrogens is 1. The lowest BCUT2D eigenvalue weighted by atomic mass is 9.96. The molecule has 1 N–H and O–H groups in total. The van der Waals surface area contributed by atoms with Crippen LogP contribution in [-0.2, 0) is 11.3 Å². The zero-order chi connectivity index (χ0) is 12.1. The Kier molecular flexibility index (Phi) is 4.12. The molecule has 0 saturated carbocycles. The van der Waals surface area contributed by atoms with E-state index >= 15 is 0 Å². The van der Waals surface area contributed by atoms with E-state index in [1.54, 1.807) is 11.9 Å². The third kappa shape index (κ3) is 2.86. The minimum absolute atomic E-state index is 0.0474. The number of rotatable bonds is 4. The van der Waals surface area contributed by atoms with Gasteiger partial charge in [-0.15, -0.1) is 0 Å². The molecule has 1 unspecified atom stereocenters. The van der Waals surface area contributed by atoms with Crippen LogP contribution in [0.5, 0.6) is 0 Å². The lowest BCUT2D eigenvalue weighted by Crippen LogP contribution is -2.34. The number of nitrogens with zero attached hydrogens (tertiary/aromatic N) is 2. The van der Waals surface area contributed by atoms with Crippen LogP contribution in [0.15, 0.2) is 18.5 Å². The van der Waals surface area contributed by atoms with Gasteiger partial charge in [0.05, 0.1) is 6.07 Å². The van der Waals surface area contributed by atoms with E-state index in [9.17, 15) is 4.79 Å². The van der Waals surface area contributed by atoms with Crippen molar-refractivity contribution >= 4 is 5.91 Å². The summed E-state index contributed by atoms with van der Waals surface area (Å²) in [5.74, 6) is -0.617. The molecule has 1 heterocycles. The summed E-state index contributed by atoms with van der Waals surface area (Å²) in [6.07, 6.45) is 3.67. The Labute approximate surface area is 95.9 Å². The summed E-state index contributed by atoms with van der Waals surface area (Å²) in [6, 6.07) is 3.98. The van der Waals surface area contributed by atoms with Gasteiger partial charge in [-0.05, 0) is 17.5 Å². The third-order valence-electron chi connectivity index (χ3n) is 2.53. The summed E-state index contributed by atoms with van der Waals surface area (Å²) < 4.78 is 0. The second-order valence-corrected chi connectivity index (χ2v) is 4.26. The van der Waals surface area contributed by atoms with E-state index in [2.05, 4.69) is 11.1 Å². The normalized spacial score (nSPS) is 12.2. The maximum absolute atomic E-state index is 11.9. The summed E-state index contributed by atoms with van der Waals surface area (Å²) >= 11 is 0. The Bertz CT molecular complexity index is 375. The second-order valence-electron chi connectivity index (χ2n) is 4.26. The lowest BCUT2D eigenvalue weighted by molar-refractivity contribution is -0.134. The van der Waals surface area contributed by atoms with Gasteiger partial charge < -0.3 is 9.88 Å². The van der Waals surface area contributed by atoms with Gasteiger partial charge >= 0.3 is 0 Å². The topological polar surface area (TPSA) is 59.9 Å². The highest BCUT2D eigenvalue weighted by Crippen LogP contribution is 2.14. The Balaban J connectivity index is 2.64. The minimum atomic E-state index is -0.552. The molecular formula is C12H17N3O. The van der Waals surface area contributed by atoms with E-state index in [-0.39, 0.29) is 11.8 Å². The molecule has 1 aromatic rings. The van der Waals surface area contributed by atoms with Gasteiger partial charge in [-0.25, -0.2) is 0 Å². The first kappa shape index (κ1) is 12.3. The number of aromatic nitrogens is 1. The maximum atomic E-state index is 11.9. The average molecular weight is 219 g/mol. The fourth-order valence-corrected chi connectivity index (χ4v) is 1.54. The lowest BCUT2D eigenvalue weighted by Gasteiger charge is -2.21. The molecule has 0 bridgehead atoms. The van der Waals surface area contributed by atoms with Crippen molar-refractivity contribution in [2.75, 3.05) is 7.05 Å². The predicted octanol–water partition coefficient (Wildman–Crippen LogP) is 1.77. The molecule has 4 heteroatoms. The number of carbonyl (C=O) groups is 1. The Morgan fingerprint density at radius 3 is 2.75 bits per heavy atom. The van der Waals surface area contributed by atoms with Crippen LogP contribution in [0.4, 0.5) is 0 Å². The highest BCUT2D eigenvalue weighted by molar-refractivity contribution is 5.81. The van der Waals surface area contributed by atoms with Gasteiger partial charge in [0, 0.05) is 26.0 Å². The maximum Gasteiger partial charge on any atom is 0.240 e. The van der Waals surface area contributed by atoms with E-state index in [0.29, 0.717) is 6.54 Å². The number of aromatic amines is 1. The fraction of sp³-hybridized carbons (Fsp3) is 0.500. The molecule has 1 rings (SSSR count). The van der Waals surface area contributed by atoms with Crippen molar-refractivity contribution in [2.24, 2.45) is 11.8 Å². The van der Waals surface area contributed by atoms with E-state index < -0.39 is 5.92 Å². The average Bonchev–Trinajstić information content (AvgIpc) is 2.70. The van der Waals surface area contributed by atoms with Crippen LogP contribution in [-0.4, -0.2) is 22.8 Å². The van der Waals surface area contributed by atoms with Gasteiger partial charge in [0.1, 0.15) is 5.92 Å². The third-order valence-corrected chi connectivity index (χ3v) is 2.53. The summed E-state index contributed by atoms with van der Waals surface area (Å²) in [5, 5.41) is 8.94. The molecule has 16 heavy (non-hydrogen) atoms. The van der Waals surface area contributed by atoms with Gasteiger partial charge in [-0.1, -0.05) is 13.8 Å². The molecule has 4 nitrogen and oxygen atoms in total. The number of nitriles is 1. The minimum Gasteiger partial charge on any atom is -0.367 e. The van der Waals surface area contributed by atoms with E-state index in [4.69, 9.17) is 5.26 Å². The van der Waals surface area contributed by atoms with E-state index in [1.165, 1.54) is 0 Å². The molecular weight excluding hydrogens is 202 g/mol. The van der Waals surface area contributed by atoms with Crippen LogP contribution in [0.2, 0.25) is 0 Å². The van der Waals surface area contributed by atoms with E-state index in [1.807, 2.05) is 32.3 Å². The standard InChI is InChI=1S/C12H17N3O/c1-9(2)11(6-13)12(16)15(3)8-10-4-5-14-7-10/h4-5,7,9,11,14H,8H2,1-3H3. The van der Waals surface area contributed by atoms with Crippen molar-refractivity contribution < 1.29 is 4.79 Å². The van der Waals surface area contributed by atoms with Crippen molar-refractivity contribution in [3.05, 3.63) is 24.0 Å². The summed E-state index contributed by atoms with van der Waals surface area (Å²) in [5.41, 5.74) is 1.04. The Morgan fingerprint density at radius 2 is 2.31 bits per heavy atom. The summed E-state index contributed by atoms with van der Waals surface area (Å²) in [7, 11) is 1.72. The molecule has 0 aliphatic carbocycles. The Hall–Kier alpha value is -1.76. The largest absolute Gasteiger partial charge is 0.367 e. The highest BCUT2D eigenvalue weighted by atomic mass is 16.2. The summed E-state index contributed by atoms with van der Waals surface area (Å²) in [6.45, 7) is 4.30. The van der Waals surface area contributed by atoms with Crippen LogP contribution in [0.25, 0.3) is 0 Å². The first-order valence-corrected chi connectivity index (χ1v) is 5.32. The predicted molar refractivity (Wildman–Crippen MR) is 61.2 cm³/mol. The van der Waals surface area contributed by atoms with Crippen molar-refractivity contribution in [1.29, 1.82) is 5.26 Å². The molecule has 0 aromatic carbocycles. The van der Waals surface area contributed by atoms with Crippen LogP contribution < -0.4 is 0 Å². The van der Waals surface area contributed by atoms with Gasteiger partial charge in [0.2, 0.25) is 5.91 Å².